The SMILES string of the molecule is Cc1ccc(NCCS(=O)(=O)[O-])cc1. The van der Waals surface area contributed by atoms with Gasteiger partial charge >= 0.3 is 0 Å². The number of aryl methyl sites for hydroxylation is 1. The van der Waals surface area contributed by atoms with Crippen LogP contribution in [0.4, 0.5) is 5.69 Å². The molecule has 4 nitrogen and oxygen atoms in total. The monoisotopic (exact) mass is 214 g/mol. The molecule has 0 radical (unpaired) electrons. The van der Waals surface area contributed by atoms with Crippen molar-refractivity contribution in [1.82, 2.24) is 0 Å². The van der Waals surface area contributed by atoms with Gasteiger partial charge in [0.15, 0.2) is 0 Å². The molecule has 0 aromatic heterocycles. The highest BCUT2D eigenvalue weighted by Gasteiger charge is 1.95. The van der Waals surface area contributed by atoms with Crippen LogP contribution in [0.2, 0.25) is 0 Å². The van der Waals surface area contributed by atoms with Crippen LogP contribution in [0.25, 0.3) is 0 Å². The van der Waals surface area contributed by atoms with Crippen molar-refractivity contribution in [3.63, 3.8) is 0 Å². The number of nitrogens with one attached hydrogen (secondary N) is 1. The van der Waals surface area contributed by atoms with E-state index >= 15 is 0 Å². The Morgan fingerprint density at radius 3 is 2.36 bits per heavy atom. The first-order chi connectivity index (χ1) is 6.47. The summed E-state index contributed by atoms with van der Waals surface area (Å²) in [7, 11) is -4.11. The fraction of sp³-hybridized carbons (Fsp3) is 0.333. The minimum absolute atomic E-state index is 0.148. The van der Waals surface area contributed by atoms with Crippen LogP contribution < -0.4 is 5.32 Å². The van der Waals surface area contributed by atoms with E-state index in [1.807, 2.05) is 31.2 Å². The maximum absolute atomic E-state index is 10.3. The van der Waals surface area contributed by atoms with E-state index in [0.29, 0.717) is 0 Å². The Hall–Kier alpha value is -1.07. The van der Waals surface area contributed by atoms with Gasteiger partial charge in [0.1, 0.15) is 0 Å². The predicted molar refractivity (Wildman–Crippen MR) is 54.2 cm³/mol. The molecule has 78 valence electrons. The van der Waals surface area contributed by atoms with Gasteiger partial charge in [-0.1, -0.05) is 17.7 Å². The molecule has 0 unspecified atom stereocenters. The zero-order chi connectivity index (χ0) is 10.6. The van der Waals surface area contributed by atoms with E-state index in [9.17, 15) is 13.0 Å². The average molecular weight is 214 g/mol. The Morgan fingerprint density at radius 2 is 1.86 bits per heavy atom. The smallest absolute Gasteiger partial charge is 0.0963 e. The van der Waals surface area contributed by atoms with Crippen LogP contribution in [0, 0.1) is 6.92 Å². The molecule has 1 rings (SSSR count). The Morgan fingerprint density at radius 1 is 1.29 bits per heavy atom. The summed E-state index contributed by atoms with van der Waals surface area (Å²) in [6.07, 6.45) is 0. The molecule has 0 bridgehead atoms. The lowest BCUT2D eigenvalue weighted by atomic mass is 10.2. The minimum Gasteiger partial charge on any atom is -0.748 e. The molecule has 14 heavy (non-hydrogen) atoms. The van der Waals surface area contributed by atoms with Crippen LogP contribution in [0.15, 0.2) is 24.3 Å². The minimum atomic E-state index is -4.11. The second-order valence-electron chi connectivity index (χ2n) is 3.05. The lowest BCUT2D eigenvalue weighted by Gasteiger charge is -2.08. The molecule has 0 aliphatic heterocycles. The van der Waals surface area contributed by atoms with E-state index < -0.39 is 10.1 Å². The first-order valence-corrected chi connectivity index (χ1v) is 5.79. The lowest BCUT2D eigenvalue weighted by Crippen LogP contribution is -2.14. The third-order valence-electron chi connectivity index (χ3n) is 1.73. The zero-order valence-corrected chi connectivity index (χ0v) is 8.67. The number of benzene rings is 1. The molecule has 0 saturated carbocycles. The van der Waals surface area contributed by atoms with Crippen molar-refractivity contribution in [1.29, 1.82) is 0 Å². The summed E-state index contributed by atoms with van der Waals surface area (Å²) in [6, 6.07) is 7.50. The van der Waals surface area contributed by atoms with Gasteiger partial charge in [-0.15, -0.1) is 0 Å². The predicted octanol–water partition coefficient (Wildman–Crippen LogP) is 0.952. The van der Waals surface area contributed by atoms with Crippen molar-refractivity contribution in [2.75, 3.05) is 17.6 Å². The van der Waals surface area contributed by atoms with Gasteiger partial charge in [0, 0.05) is 12.2 Å². The van der Waals surface area contributed by atoms with Gasteiger partial charge in [0.05, 0.1) is 15.9 Å². The topological polar surface area (TPSA) is 69.2 Å². The maximum Gasteiger partial charge on any atom is 0.0963 e. The van der Waals surface area contributed by atoms with E-state index in [4.69, 9.17) is 0 Å². The molecule has 0 spiro atoms. The molecule has 0 fully saturated rings. The molecular weight excluding hydrogens is 202 g/mol. The van der Waals surface area contributed by atoms with E-state index in [2.05, 4.69) is 5.32 Å². The Bertz CT molecular complexity index is 383. The number of hydrogen-bond donors (Lipinski definition) is 1. The van der Waals surface area contributed by atoms with Crippen molar-refractivity contribution in [3.05, 3.63) is 29.8 Å². The van der Waals surface area contributed by atoms with E-state index in [1.54, 1.807) is 0 Å². The second-order valence-corrected chi connectivity index (χ2v) is 4.58. The first kappa shape index (κ1) is 11.0. The molecule has 0 atom stereocenters. The van der Waals surface area contributed by atoms with Gasteiger partial charge in [-0.3, -0.25) is 0 Å². The Balaban J connectivity index is 2.43. The fourth-order valence-electron chi connectivity index (χ4n) is 0.992. The molecule has 1 N–H and O–H groups in total. The van der Waals surface area contributed by atoms with Gasteiger partial charge in [0.25, 0.3) is 0 Å². The molecule has 0 aliphatic rings. The summed E-state index contributed by atoms with van der Waals surface area (Å²) in [5.41, 5.74) is 1.95. The highest BCUT2D eigenvalue weighted by Crippen LogP contribution is 2.07. The molecular formula is C9H12NO3S-. The zero-order valence-electron chi connectivity index (χ0n) is 7.86. The largest absolute Gasteiger partial charge is 0.748 e. The van der Waals surface area contributed by atoms with Gasteiger partial charge in [0.2, 0.25) is 0 Å². The molecule has 0 amide bonds. The van der Waals surface area contributed by atoms with Crippen LogP contribution in [-0.4, -0.2) is 25.3 Å². The summed E-state index contributed by atoms with van der Waals surface area (Å²) in [6.45, 7) is 2.11. The van der Waals surface area contributed by atoms with Crippen molar-refractivity contribution < 1.29 is 13.0 Å². The summed E-state index contributed by atoms with van der Waals surface area (Å²) in [4.78, 5) is 0. The molecule has 0 saturated heterocycles. The summed E-state index contributed by atoms with van der Waals surface area (Å²) in [5, 5.41) is 2.85. The maximum atomic E-state index is 10.3. The van der Waals surface area contributed by atoms with Crippen LogP contribution >= 0.6 is 0 Å². The van der Waals surface area contributed by atoms with Crippen LogP contribution in [0.3, 0.4) is 0 Å². The highest BCUT2D eigenvalue weighted by atomic mass is 32.2. The van der Waals surface area contributed by atoms with Crippen LogP contribution in [0.1, 0.15) is 5.56 Å². The van der Waals surface area contributed by atoms with Crippen molar-refractivity contribution in [2.24, 2.45) is 0 Å². The first-order valence-electron chi connectivity index (χ1n) is 4.21. The molecule has 0 heterocycles. The molecule has 0 aliphatic carbocycles. The normalized spacial score (nSPS) is 11.3. The summed E-state index contributed by atoms with van der Waals surface area (Å²) < 4.78 is 30.8. The number of rotatable bonds is 4. The van der Waals surface area contributed by atoms with E-state index in [0.717, 1.165) is 11.3 Å². The summed E-state index contributed by atoms with van der Waals surface area (Å²) >= 11 is 0. The van der Waals surface area contributed by atoms with Crippen molar-refractivity contribution in [3.8, 4) is 0 Å². The van der Waals surface area contributed by atoms with Crippen LogP contribution in [0.5, 0.6) is 0 Å². The van der Waals surface area contributed by atoms with Crippen LogP contribution in [-0.2, 0) is 10.1 Å². The molecule has 5 heteroatoms. The number of anilines is 1. The Labute approximate surface area is 83.7 Å². The molecule has 1 aromatic rings. The van der Waals surface area contributed by atoms with Crippen molar-refractivity contribution in [2.45, 2.75) is 6.92 Å². The highest BCUT2D eigenvalue weighted by molar-refractivity contribution is 7.85. The van der Waals surface area contributed by atoms with Gasteiger partial charge in [-0.25, -0.2) is 8.42 Å². The van der Waals surface area contributed by atoms with E-state index in [1.165, 1.54) is 0 Å². The van der Waals surface area contributed by atoms with Crippen molar-refractivity contribution >= 4 is 15.8 Å². The second kappa shape index (κ2) is 4.43. The van der Waals surface area contributed by atoms with Gasteiger partial charge in [-0.2, -0.15) is 0 Å². The average Bonchev–Trinajstić information content (AvgIpc) is 2.06. The third-order valence-corrected chi connectivity index (χ3v) is 2.44. The Kier molecular flexibility index (Phi) is 3.49. The molecule has 1 aromatic carbocycles. The van der Waals surface area contributed by atoms with Gasteiger partial charge < -0.3 is 9.87 Å². The van der Waals surface area contributed by atoms with Gasteiger partial charge in [-0.05, 0) is 19.1 Å². The standard InChI is InChI=1S/C9H13NO3S/c1-8-2-4-9(5-3-8)10-6-7-14(11,12)13/h2-5,10H,6-7H2,1H3,(H,11,12,13)/p-1. The summed E-state index contributed by atoms with van der Waals surface area (Å²) in [5.74, 6) is -0.388. The quantitative estimate of drug-likeness (QED) is 0.758. The van der Waals surface area contributed by atoms with E-state index in [-0.39, 0.29) is 12.3 Å². The lowest BCUT2D eigenvalue weighted by molar-refractivity contribution is 0.464. The fourth-order valence-corrected chi connectivity index (χ4v) is 1.34. The number of hydrogen-bond acceptors (Lipinski definition) is 4. The third kappa shape index (κ3) is 4.25.